The van der Waals surface area contributed by atoms with Crippen LogP contribution >= 0.6 is 0 Å². The van der Waals surface area contributed by atoms with E-state index in [2.05, 4.69) is 17.9 Å². The molecule has 2 rings (SSSR count). The molecular weight excluding hydrogens is 138 g/mol. The number of ketones is 1. The van der Waals surface area contributed by atoms with Gasteiger partial charge >= 0.3 is 0 Å². The molecule has 0 unspecified atom stereocenters. The summed E-state index contributed by atoms with van der Waals surface area (Å²) in [6, 6.07) is 0.441. The van der Waals surface area contributed by atoms with E-state index in [9.17, 15) is 4.79 Å². The van der Waals surface area contributed by atoms with Crippen LogP contribution < -0.4 is 0 Å². The van der Waals surface area contributed by atoms with Gasteiger partial charge in [-0.15, -0.1) is 0 Å². The van der Waals surface area contributed by atoms with E-state index in [0.717, 1.165) is 25.9 Å². The number of rotatable bonds is 0. The maximum atomic E-state index is 11.1. The molecule has 1 atom stereocenters. The summed E-state index contributed by atoms with van der Waals surface area (Å²) in [6.07, 6.45) is 3.74. The lowest BCUT2D eigenvalue weighted by Gasteiger charge is -2.27. The van der Waals surface area contributed by atoms with E-state index in [1.54, 1.807) is 0 Å². The van der Waals surface area contributed by atoms with Crippen molar-refractivity contribution in [1.82, 2.24) is 4.90 Å². The molecule has 2 heterocycles. The molecular formula is C9H13NO. The van der Waals surface area contributed by atoms with Crippen molar-refractivity contribution in [2.75, 3.05) is 13.1 Å². The maximum Gasteiger partial charge on any atom is 0.136 e. The summed E-state index contributed by atoms with van der Waals surface area (Å²) in [5.41, 5.74) is 1.42. The molecule has 0 bridgehead atoms. The Hall–Kier alpha value is -0.630. The molecule has 1 saturated heterocycles. The molecule has 0 aromatic heterocycles. The highest BCUT2D eigenvalue weighted by atomic mass is 16.1. The van der Waals surface area contributed by atoms with Crippen LogP contribution in [0.3, 0.4) is 0 Å². The average molecular weight is 151 g/mol. The number of piperidine rings is 1. The minimum atomic E-state index is 0.428. The van der Waals surface area contributed by atoms with E-state index in [1.165, 1.54) is 5.57 Å². The van der Waals surface area contributed by atoms with E-state index in [-0.39, 0.29) is 0 Å². The average Bonchev–Trinajstić information content (AvgIpc) is 2.27. The van der Waals surface area contributed by atoms with E-state index in [4.69, 9.17) is 0 Å². The molecule has 0 saturated carbocycles. The van der Waals surface area contributed by atoms with Gasteiger partial charge in [-0.05, 0) is 6.92 Å². The Bertz CT molecular complexity index is 220. The molecule has 0 spiro atoms. The topological polar surface area (TPSA) is 20.3 Å². The number of fused-ring (bicyclic) bond motifs is 1. The monoisotopic (exact) mass is 151 g/mol. The van der Waals surface area contributed by atoms with Crippen LogP contribution in [0.15, 0.2) is 11.6 Å². The fraction of sp³-hybridized carbons (Fsp3) is 0.667. The molecule has 1 fully saturated rings. The van der Waals surface area contributed by atoms with Crippen molar-refractivity contribution in [2.45, 2.75) is 25.8 Å². The third kappa shape index (κ3) is 1.23. The predicted molar refractivity (Wildman–Crippen MR) is 43.4 cm³/mol. The molecule has 0 aliphatic carbocycles. The Kier molecular flexibility index (Phi) is 1.57. The highest BCUT2D eigenvalue weighted by Crippen LogP contribution is 2.23. The molecule has 2 nitrogen and oxygen atoms in total. The van der Waals surface area contributed by atoms with Gasteiger partial charge in [-0.3, -0.25) is 9.69 Å². The smallest absolute Gasteiger partial charge is 0.136 e. The number of carbonyl (C=O) groups excluding carboxylic acids is 1. The molecule has 11 heavy (non-hydrogen) atoms. The van der Waals surface area contributed by atoms with Gasteiger partial charge < -0.3 is 0 Å². The summed E-state index contributed by atoms with van der Waals surface area (Å²) in [6.45, 7) is 4.19. The van der Waals surface area contributed by atoms with Crippen LogP contribution in [-0.4, -0.2) is 29.8 Å². The van der Waals surface area contributed by atoms with Crippen LogP contribution in [-0.2, 0) is 4.79 Å². The second-order valence-electron chi connectivity index (χ2n) is 3.54. The quantitative estimate of drug-likeness (QED) is 0.481. The van der Waals surface area contributed by atoms with Crippen LogP contribution in [0.5, 0.6) is 0 Å². The molecule has 0 N–H and O–H groups in total. The first-order valence-corrected chi connectivity index (χ1v) is 4.19. The van der Waals surface area contributed by atoms with Gasteiger partial charge in [0.1, 0.15) is 5.78 Å². The third-order valence-electron chi connectivity index (χ3n) is 2.51. The highest BCUT2D eigenvalue weighted by molar-refractivity contribution is 5.80. The Morgan fingerprint density at radius 3 is 3.27 bits per heavy atom. The molecule has 0 aromatic rings. The van der Waals surface area contributed by atoms with Gasteiger partial charge in [0, 0.05) is 32.0 Å². The predicted octanol–water partition coefficient (Wildman–Crippen LogP) is 0.980. The molecule has 2 aliphatic rings. The van der Waals surface area contributed by atoms with Crippen LogP contribution in [0.1, 0.15) is 19.8 Å². The maximum absolute atomic E-state index is 11.1. The first-order chi connectivity index (χ1) is 5.25. The van der Waals surface area contributed by atoms with Crippen molar-refractivity contribution >= 4 is 5.78 Å². The number of hydrogen-bond donors (Lipinski definition) is 0. The number of hydrogen-bond acceptors (Lipinski definition) is 2. The zero-order valence-electron chi connectivity index (χ0n) is 6.84. The summed E-state index contributed by atoms with van der Waals surface area (Å²) in [4.78, 5) is 13.4. The largest absolute Gasteiger partial charge is 0.300 e. The number of carbonyl (C=O) groups is 1. The van der Waals surface area contributed by atoms with Crippen LogP contribution in [0, 0.1) is 0 Å². The van der Waals surface area contributed by atoms with Crippen molar-refractivity contribution < 1.29 is 4.79 Å². The minimum Gasteiger partial charge on any atom is -0.300 e. The van der Waals surface area contributed by atoms with E-state index >= 15 is 0 Å². The van der Waals surface area contributed by atoms with E-state index in [1.807, 2.05) is 0 Å². The first kappa shape index (κ1) is 7.04. The van der Waals surface area contributed by atoms with E-state index in [0.29, 0.717) is 11.8 Å². The summed E-state index contributed by atoms with van der Waals surface area (Å²) < 4.78 is 0. The van der Waals surface area contributed by atoms with Gasteiger partial charge in [-0.25, -0.2) is 0 Å². The Morgan fingerprint density at radius 2 is 2.45 bits per heavy atom. The first-order valence-electron chi connectivity index (χ1n) is 4.19. The van der Waals surface area contributed by atoms with E-state index < -0.39 is 0 Å². The zero-order valence-corrected chi connectivity index (χ0v) is 6.84. The molecule has 2 heteroatoms. The number of nitrogens with zero attached hydrogens (tertiary/aromatic N) is 1. The lowest BCUT2D eigenvalue weighted by atomic mass is 10.0. The summed E-state index contributed by atoms with van der Waals surface area (Å²) in [5, 5.41) is 0. The van der Waals surface area contributed by atoms with Crippen molar-refractivity contribution in [3.63, 3.8) is 0 Å². The SMILES string of the molecule is CC1=C[C@H]2CC(=O)CCN2C1. The van der Waals surface area contributed by atoms with Crippen LogP contribution in [0.2, 0.25) is 0 Å². The normalized spacial score (nSPS) is 31.9. The summed E-state index contributed by atoms with van der Waals surface area (Å²) in [5.74, 6) is 0.428. The second kappa shape index (κ2) is 2.45. The highest BCUT2D eigenvalue weighted by Gasteiger charge is 2.28. The van der Waals surface area contributed by atoms with Gasteiger partial charge in [0.15, 0.2) is 0 Å². The van der Waals surface area contributed by atoms with Gasteiger partial charge in [0.25, 0.3) is 0 Å². The Morgan fingerprint density at radius 1 is 1.64 bits per heavy atom. The zero-order chi connectivity index (χ0) is 7.84. The third-order valence-corrected chi connectivity index (χ3v) is 2.51. The van der Waals surface area contributed by atoms with Gasteiger partial charge in [0.05, 0.1) is 0 Å². The van der Waals surface area contributed by atoms with Crippen LogP contribution in [0.25, 0.3) is 0 Å². The minimum absolute atomic E-state index is 0.428. The van der Waals surface area contributed by atoms with Crippen molar-refractivity contribution in [1.29, 1.82) is 0 Å². The lowest BCUT2D eigenvalue weighted by Crippen LogP contribution is -2.38. The molecule has 0 aromatic carbocycles. The van der Waals surface area contributed by atoms with Crippen molar-refractivity contribution in [3.05, 3.63) is 11.6 Å². The standard InChI is InChI=1S/C9H13NO/c1-7-4-8-5-9(11)2-3-10(8)6-7/h4,8H,2-3,5-6H2,1H3/t8-/m0/s1. The Labute approximate surface area is 66.9 Å². The van der Waals surface area contributed by atoms with Crippen molar-refractivity contribution in [3.8, 4) is 0 Å². The molecule has 0 amide bonds. The number of Topliss-reactive ketones (excluding diaryl/α,β-unsaturated/α-hetero) is 1. The summed E-state index contributed by atoms with van der Waals surface area (Å²) >= 11 is 0. The molecule has 60 valence electrons. The van der Waals surface area contributed by atoms with Gasteiger partial charge in [-0.1, -0.05) is 11.6 Å². The van der Waals surface area contributed by atoms with Gasteiger partial charge in [-0.2, -0.15) is 0 Å². The summed E-state index contributed by atoms with van der Waals surface area (Å²) in [7, 11) is 0. The second-order valence-corrected chi connectivity index (χ2v) is 3.54. The molecule has 2 aliphatic heterocycles. The lowest BCUT2D eigenvalue weighted by molar-refractivity contribution is -0.122. The molecule has 0 radical (unpaired) electrons. The Balaban J connectivity index is 2.10. The fourth-order valence-electron chi connectivity index (χ4n) is 1.96. The van der Waals surface area contributed by atoms with Crippen molar-refractivity contribution in [2.24, 2.45) is 0 Å². The van der Waals surface area contributed by atoms with Crippen LogP contribution in [0.4, 0.5) is 0 Å². The van der Waals surface area contributed by atoms with Gasteiger partial charge in [0.2, 0.25) is 0 Å². The fourth-order valence-corrected chi connectivity index (χ4v) is 1.96.